The third kappa shape index (κ3) is 2.77. The Morgan fingerprint density at radius 3 is 2.95 bits per heavy atom. The average molecular weight is 285 g/mol. The second-order valence-corrected chi connectivity index (χ2v) is 4.67. The van der Waals surface area contributed by atoms with E-state index in [0.717, 1.165) is 19.6 Å². The first kappa shape index (κ1) is 14.0. The van der Waals surface area contributed by atoms with Crippen LogP contribution in [0.2, 0.25) is 0 Å². The molecule has 3 rings (SSSR count). The molecule has 104 valence electrons. The molecule has 1 fully saturated rings. The first-order valence-corrected chi connectivity index (χ1v) is 6.16. The molecule has 0 radical (unpaired) electrons. The highest BCUT2D eigenvalue weighted by Crippen LogP contribution is 2.32. The zero-order chi connectivity index (χ0) is 12.5. The smallest absolute Gasteiger partial charge is 0.254 e. The molecule has 0 aromatic heterocycles. The molecule has 0 saturated carbocycles. The minimum absolute atomic E-state index is 0. The van der Waals surface area contributed by atoms with Crippen molar-refractivity contribution in [3.8, 4) is 11.5 Å². The van der Waals surface area contributed by atoms with E-state index >= 15 is 0 Å². The molecule has 1 amide bonds. The summed E-state index contributed by atoms with van der Waals surface area (Å²) < 4.78 is 10.5. The van der Waals surface area contributed by atoms with E-state index in [1.807, 2.05) is 4.90 Å². The molecule has 1 atom stereocenters. The van der Waals surface area contributed by atoms with Gasteiger partial charge in [-0.25, -0.2) is 0 Å². The van der Waals surface area contributed by atoms with Crippen molar-refractivity contribution in [3.63, 3.8) is 0 Å². The number of rotatable bonds is 1. The van der Waals surface area contributed by atoms with E-state index in [0.29, 0.717) is 23.1 Å². The van der Waals surface area contributed by atoms with Gasteiger partial charge >= 0.3 is 0 Å². The monoisotopic (exact) mass is 284 g/mol. The van der Waals surface area contributed by atoms with E-state index in [1.54, 1.807) is 18.2 Å². The number of fused-ring (bicyclic) bond motifs is 1. The Morgan fingerprint density at radius 1 is 1.37 bits per heavy atom. The molecule has 0 bridgehead atoms. The molecule has 0 aliphatic carbocycles. The second-order valence-electron chi connectivity index (χ2n) is 4.67. The topological polar surface area (TPSA) is 50.8 Å². The van der Waals surface area contributed by atoms with Gasteiger partial charge in [-0.2, -0.15) is 0 Å². The van der Waals surface area contributed by atoms with Crippen LogP contribution in [0.3, 0.4) is 0 Å². The van der Waals surface area contributed by atoms with Crippen LogP contribution in [0.5, 0.6) is 11.5 Å². The Kier molecular flexibility index (Phi) is 4.17. The summed E-state index contributed by atoms with van der Waals surface area (Å²) >= 11 is 0. The number of amides is 1. The lowest BCUT2D eigenvalue weighted by atomic mass is 10.1. The molecular formula is C13H17ClN2O3. The quantitative estimate of drug-likeness (QED) is 0.844. The van der Waals surface area contributed by atoms with Gasteiger partial charge in [-0.1, -0.05) is 0 Å². The van der Waals surface area contributed by atoms with Crippen LogP contribution in [0, 0.1) is 0 Å². The van der Waals surface area contributed by atoms with Gasteiger partial charge in [-0.05, 0) is 25.1 Å². The highest BCUT2D eigenvalue weighted by molar-refractivity contribution is 5.95. The molecule has 1 saturated heterocycles. The van der Waals surface area contributed by atoms with Crippen molar-refractivity contribution in [1.29, 1.82) is 0 Å². The Balaban J connectivity index is 0.00000133. The maximum absolute atomic E-state index is 12.3. The highest BCUT2D eigenvalue weighted by Gasteiger charge is 2.23. The molecule has 1 aromatic rings. The van der Waals surface area contributed by atoms with Crippen molar-refractivity contribution < 1.29 is 14.3 Å². The number of hydrogen-bond donors (Lipinski definition) is 1. The summed E-state index contributed by atoms with van der Waals surface area (Å²) in [6.45, 7) is 4.65. The Labute approximate surface area is 118 Å². The lowest BCUT2D eigenvalue weighted by Gasteiger charge is -2.32. The molecule has 6 heteroatoms. The number of carbonyl (C=O) groups is 1. The predicted molar refractivity (Wildman–Crippen MR) is 73.2 cm³/mol. The lowest BCUT2D eigenvalue weighted by Crippen LogP contribution is -2.51. The van der Waals surface area contributed by atoms with Crippen molar-refractivity contribution in [2.45, 2.75) is 13.0 Å². The zero-order valence-corrected chi connectivity index (χ0v) is 11.5. The molecular weight excluding hydrogens is 268 g/mol. The zero-order valence-electron chi connectivity index (χ0n) is 10.7. The lowest BCUT2D eigenvalue weighted by molar-refractivity contribution is 0.0708. The summed E-state index contributed by atoms with van der Waals surface area (Å²) in [6.07, 6.45) is 0. The van der Waals surface area contributed by atoms with Gasteiger partial charge in [0, 0.05) is 31.2 Å². The van der Waals surface area contributed by atoms with E-state index in [2.05, 4.69) is 12.2 Å². The third-order valence-electron chi connectivity index (χ3n) is 3.28. The number of benzene rings is 1. The van der Waals surface area contributed by atoms with E-state index in [4.69, 9.17) is 9.47 Å². The molecule has 2 aliphatic rings. The fourth-order valence-corrected chi connectivity index (χ4v) is 2.33. The predicted octanol–water partition coefficient (Wildman–Crippen LogP) is 1.27. The van der Waals surface area contributed by atoms with Crippen molar-refractivity contribution in [2.75, 3.05) is 26.4 Å². The van der Waals surface area contributed by atoms with Crippen molar-refractivity contribution in [2.24, 2.45) is 0 Å². The van der Waals surface area contributed by atoms with Gasteiger partial charge in [0.15, 0.2) is 11.5 Å². The third-order valence-corrected chi connectivity index (χ3v) is 3.28. The van der Waals surface area contributed by atoms with Crippen LogP contribution in [-0.4, -0.2) is 43.3 Å². The van der Waals surface area contributed by atoms with Crippen LogP contribution in [0.15, 0.2) is 18.2 Å². The number of halogens is 1. The van der Waals surface area contributed by atoms with Gasteiger partial charge in [0.25, 0.3) is 5.91 Å². The number of piperazine rings is 1. The van der Waals surface area contributed by atoms with Gasteiger partial charge in [0.05, 0.1) is 0 Å². The van der Waals surface area contributed by atoms with Crippen LogP contribution in [0.4, 0.5) is 0 Å². The van der Waals surface area contributed by atoms with Crippen molar-refractivity contribution in [1.82, 2.24) is 10.2 Å². The largest absolute Gasteiger partial charge is 0.454 e. The summed E-state index contributed by atoms with van der Waals surface area (Å²) in [4.78, 5) is 14.2. The summed E-state index contributed by atoms with van der Waals surface area (Å²) in [5.41, 5.74) is 0.661. The molecule has 5 nitrogen and oxygen atoms in total. The molecule has 0 spiro atoms. The fraction of sp³-hybridized carbons (Fsp3) is 0.462. The van der Waals surface area contributed by atoms with E-state index in [9.17, 15) is 4.79 Å². The first-order valence-electron chi connectivity index (χ1n) is 6.16. The molecule has 1 N–H and O–H groups in total. The van der Waals surface area contributed by atoms with Crippen LogP contribution < -0.4 is 14.8 Å². The Hall–Kier alpha value is -1.46. The first-order chi connectivity index (χ1) is 8.74. The van der Waals surface area contributed by atoms with E-state index in [1.165, 1.54) is 0 Å². The molecule has 2 heterocycles. The van der Waals surface area contributed by atoms with Gasteiger partial charge < -0.3 is 19.7 Å². The van der Waals surface area contributed by atoms with Crippen LogP contribution in [0.25, 0.3) is 0 Å². The summed E-state index contributed by atoms with van der Waals surface area (Å²) in [7, 11) is 0. The van der Waals surface area contributed by atoms with Crippen molar-refractivity contribution >= 4 is 18.3 Å². The van der Waals surface area contributed by atoms with Gasteiger partial charge in [-0.15, -0.1) is 12.4 Å². The SMILES string of the molecule is CC1CN(C(=O)c2ccc3c(c2)OCO3)CCN1.Cl. The van der Waals surface area contributed by atoms with Crippen LogP contribution >= 0.6 is 12.4 Å². The molecule has 2 aliphatic heterocycles. The maximum atomic E-state index is 12.3. The second kappa shape index (κ2) is 5.67. The minimum Gasteiger partial charge on any atom is -0.454 e. The summed E-state index contributed by atoms with van der Waals surface area (Å²) in [5.74, 6) is 1.42. The van der Waals surface area contributed by atoms with Crippen molar-refractivity contribution in [3.05, 3.63) is 23.8 Å². The number of hydrogen-bond acceptors (Lipinski definition) is 4. The van der Waals surface area contributed by atoms with E-state index in [-0.39, 0.29) is 25.1 Å². The summed E-state index contributed by atoms with van der Waals surface area (Å²) in [5, 5.41) is 3.32. The van der Waals surface area contributed by atoms with Crippen LogP contribution in [-0.2, 0) is 0 Å². The van der Waals surface area contributed by atoms with Gasteiger partial charge in [0.1, 0.15) is 0 Å². The number of ether oxygens (including phenoxy) is 2. The standard InChI is InChI=1S/C13H16N2O3.ClH/c1-9-7-15(5-4-14-9)13(16)10-2-3-11-12(6-10)18-8-17-11;/h2-3,6,9,14H,4-5,7-8H2,1H3;1H. The van der Waals surface area contributed by atoms with Crippen LogP contribution in [0.1, 0.15) is 17.3 Å². The number of nitrogens with one attached hydrogen (secondary N) is 1. The average Bonchev–Trinajstić information content (AvgIpc) is 2.85. The fourth-order valence-electron chi connectivity index (χ4n) is 2.33. The Bertz CT molecular complexity index is 481. The number of nitrogens with zero attached hydrogens (tertiary/aromatic N) is 1. The van der Waals surface area contributed by atoms with Gasteiger partial charge in [-0.3, -0.25) is 4.79 Å². The Morgan fingerprint density at radius 2 is 2.16 bits per heavy atom. The highest BCUT2D eigenvalue weighted by atomic mass is 35.5. The molecule has 1 unspecified atom stereocenters. The van der Waals surface area contributed by atoms with Gasteiger partial charge in [0.2, 0.25) is 6.79 Å². The molecule has 19 heavy (non-hydrogen) atoms. The van der Waals surface area contributed by atoms with E-state index < -0.39 is 0 Å². The minimum atomic E-state index is 0. The normalized spacial score (nSPS) is 20.9. The number of carbonyl (C=O) groups excluding carboxylic acids is 1. The maximum Gasteiger partial charge on any atom is 0.254 e. The molecule has 1 aromatic carbocycles. The summed E-state index contributed by atoms with van der Waals surface area (Å²) in [6, 6.07) is 5.69.